The third-order valence-electron chi connectivity index (χ3n) is 4.95. The van der Waals surface area contributed by atoms with Crippen LogP contribution in [-0.2, 0) is 14.3 Å². The molecular weight excluding hydrogens is 334 g/mol. The van der Waals surface area contributed by atoms with Crippen LogP contribution in [0.4, 0.5) is 10.5 Å². The molecule has 1 saturated heterocycles. The van der Waals surface area contributed by atoms with E-state index in [2.05, 4.69) is 10.6 Å². The molecule has 0 spiro atoms. The first-order valence-corrected chi connectivity index (χ1v) is 9.05. The molecule has 2 aliphatic rings. The number of benzene rings is 1. The summed E-state index contributed by atoms with van der Waals surface area (Å²) in [5, 5.41) is 5.86. The molecule has 0 unspecified atom stereocenters. The molecular formula is C19H25N3O4. The highest BCUT2D eigenvalue weighted by atomic mass is 16.5. The number of nitrogens with zero attached hydrogens (tertiary/aromatic N) is 1. The Kier molecular flexibility index (Phi) is 5.44. The van der Waals surface area contributed by atoms with Crippen LogP contribution < -0.4 is 10.6 Å². The lowest BCUT2D eigenvalue weighted by molar-refractivity contribution is -0.125. The van der Waals surface area contributed by atoms with Gasteiger partial charge in [-0.3, -0.25) is 14.5 Å². The maximum Gasteiger partial charge on any atom is 0.410 e. The molecule has 0 aromatic heterocycles. The fourth-order valence-electron chi connectivity index (χ4n) is 3.21. The van der Waals surface area contributed by atoms with Crippen molar-refractivity contribution in [2.45, 2.75) is 44.7 Å². The third-order valence-corrected chi connectivity index (χ3v) is 4.95. The summed E-state index contributed by atoms with van der Waals surface area (Å²) >= 11 is 0. The zero-order valence-electron chi connectivity index (χ0n) is 15.2. The summed E-state index contributed by atoms with van der Waals surface area (Å²) in [6.07, 6.45) is 2.90. The van der Waals surface area contributed by atoms with Crippen molar-refractivity contribution in [1.82, 2.24) is 10.2 Å². The monoisotopic (exact) mass is 359 g/mol. The van der Waals surface area contributed by atoms with E-state index in [1.807, 2.05) is 31.2 Å². The summed E-state index contributed by atoms with van der Waals surface area (Å²) in [6.45, 7) is 2.43. The summed E-state index contributed by atoms with van der Waals surface area (Å²) in [5.74, 6) is 0.0619. The molecule has 2 atom stereocenters. The van der Waals surface area contributed by atoms with Crippen molar-refractivity contribution < 1.29 is 19.1 Å². The molecule has 1 saturated carbocycles. The summed E-state index contributed by atoms with van der Waals surface area (Å²) in [7, 11) is 1.32. The third kappa shape index (κ3) is 4.15. The molecule has 140 valence electrons. The zero-order valence-corrected chi connectivity index (χ0v) is 15.2. The van der Waals surface area contributed by atoms with Crippen molar-refractivity contribution in [2.75, 3.05) is 19.0 Å². The Morgan fingerprint density at radius 2 is 1.81 bits per heavy atom. The number of hydrogen-bond acceptors (Lipinski definition) is 4. The van der Waals surface area contributed by atoms with E-state index in [9.17, 15) is 14.4 Å². The molecule has 1 aromatic rings. The van der Waals surface area contributed by atoms with Gasteiger partial charge in [0.15, 0.2) is 0 Å². The number of carbonyl (C=O) groups is 3. The lowest BCUT2D eigenvalue weighted by Crippen LogP contribution is -2.46. The second-order valence-corrected chi connectivity index (χ2v) is 6.94. The van der Waals surface area contributed by atoms with E-state index in [1.165, 1.54) is 12.0 Å². The van der Waals surface area contributed by atoms with Gasteiger partial charge in [-0.05, 0) is 50.3 Å². The topological polar surface area (TPSA) is 87.7 Å². The maximum absolute atomic E-state index is 12.5. The zero-order chi connectivity index (χ0) is 18.7. The van der Waals surface area contributed by atoms with Gasteiger partial charge in [-0.1, -0.05) is 12.1 Å². The van der Waals surface area contributed by atoms with Crippen LogP contribution in [0.5, 0.6) is 0 Å². The lowest BCUT2D eigenvalue weighted by Gasteiger charge is -2.24. The van der Waals surface area contributed by atoms with Crippen LogP contribution in [-0.4, -0.2) is 42.5 Å². The van der Waals surface area contributed by atoms with Gasteiger partial charge in [0.2, 0.25) is 11.8 Å². The number of methoxy groups -OCH3 is 1. The van der Waals surface area contributed by atoms with Gasteiger partial charge in [0, 0.05) is 18.2 Å². The van der Waals surface area contributed by atoms with Gasteiger partial charge < -0.3 is 15.4 Å². The van der Waals surface area contributed by atoms with E-state index < -0.39 is 12.1 Å². The van der Waals surface area contributed by atoms with Gasteiger partial charge in [-0.2, -0.15) is 0 Å². The van der Waals surface area contributed by atoms with E-state index in [0.29, 0.717) is 13.0 Å². The molecule has 2 N–H and O–H groups in total. The molecule has 7 nitrogen and oxygen atoms in total. The van der Waals surface area contributed by atoms with E-state index >= 15 is 0 Å². The Labute approximate surface area is 153 Å². The maximum atomic E-state index is 12.5. The molecule has 1 aromatic carbocycles. The van der Waals surface area contributed by atoms with Crippen LogP contribution in [0.3, 0.4) is 0 Å². The van der Waals surface area contributed by atoms with Gasteiger partial charge in [-0.25, -0.2) is 4.79 Å². The standard InChI is InChI=1S/C19H25N3O4/c1-12(20-18(24)16-4-3-11-22(16)19(25)26-2)13-7-9-15(10-8-13)21-17(23)14-5-6-14/h7-10,12,14,16H,3-6,11H2,1-2H3,(H,20,24)(H,21,23)/t12-,16+/m0/s1. The number of likely N-dealkylation sites (tertiary alicyclic amines) is 1. The van der Waals surface area contributed by atoms with Crippen molar-refractivity contribution >= 4 is 23.6 Å². The van der Waals surface area contributed by atoms with Crippen LogP contribution in [0.25, 0.3) is 0 Å². The second kappa shape index (κ2) is 7.76. The van der Waals surface area contributed by atoms with Crippen LogP contribution in [0.15, 0.2) is 24.3 Å². The van der Waals surface area contributed by atoms with E-state index in [-0.39, 0.29) is 23.8 Å². The van der Waals surface area contributed by atoms with Crippen LogP contribution in [0.2, 0.25) is 0 Å². The van der Waals surface area contributed by atoms with Crippen molar-refractivity contribution in [3.05, 3.63) is 29.8 Å². The molecule has 26 heavy (non-hydrogen) atoms. The molecule has 2 fully saturated rings. The quantitative estimate of drug-likeness (QED) is 0.845. The van der Waals surface area contributed by atoms with Gasteiger partial charge >= 0.3 is 6.09 Å². The minimum Gasteiger partial charge on any atom is -0.453 e. The number of hydrogen-bond donors (Lipinski definition) is 2. The average Bonchev–Trinajstić information content (AvgIpc) is 3.38. The molecule has 3 amide bonds. The molecule has 1 aliphatic heterocycles. The normalized spacial score (nSPS) is 20.4. The minimum atomic E-state index is -0.484. The number of ether oxygens (including phenoxy) is 1. The van der Waals surface area contributed by atoms with Crippen LogP contribution in [0, 0.1) is 5.92 Å². The van der Waals surface area contributed by atoms with Crippen molar-refractivity contribution in [2.24, 2.45) is 5.92 Å². The second-order valence-electron chi connectivity index (χ2n) is 6.94. The lowest BCUT2D eigenvalue weighted by atomic mass is 10.1. The van der Waals surface area contributed by atoms with Crippen LogP contribution in [0.1, 0.15) is 44.2 Å². The first-order chi connectivity index (χ1) is 12.5. The summed E-state index contributed by atoms with van der Waals surface area (Å²) in [5.41, 5.74) is 1.70. The summed E-state index contributed by atoms with van der Waals surface area (Å²) in [6, 6.07) is 6.78. The smallest absolute Gasteiger partial charge is 0.410 e. The van der Waals surface area contributed by atoms with E-state index in [4.69, 9.17) is 4.74 Å². The average molecular weight is 359 g/mol. The number of anilines is 1. The largest absolute Gasteiger partial charge is 0.453 e. The number of carbonyl (C=O) groups excluding carboxylic acids is 3. The first-order valence-electron chi connectivity index (χ1n) is 9.05. The molecule has 1 aliphatic carbocycles. The Morgan fingerprint density at radius 3 is 2.42 bits per heavy atom. The fraction of sp³-hybridized carbons (Fsp3) is 0.526. The number of amides is 3. The summed E-state index contributed by atoms with van der Waals surface area (Å²) < 4.78 is 4.74. The first kappa shape index (κ1) is 18.2. The highest BCUT2D eigenvalue weighted by Crippen LogP contribution is 2.30. The van der Waals surface area contributed by atoms with E-state index in [0.717, 1.165) is 30.5 Å². The Hall–Kier alpha value is -2.57. The van der Waals surface area contributed by atoms with Gasteiger partial charge in [0.1, 0.15) is 6.04 Å². The molecule has 0 radical (unpaired) electrons. The van der Waals surface area contributed by atoms with Crippen molar-refractivity contribution in [3.63, 3.8) is 0 Å². The highest BCUT2D eigenvalue weighted by molar-refractivity contribution is 5.94. The number of rotatable bonds is 5. The Bertz CT molecular complexity index is 685. The predicted molar refractivity (Wildman–Crippen MR) is 96.5 cm³/mol. The Balaban J connectivity index is 1.56. The van der Waals surface area contributed by atoms with Crippen LogP contribution >= 0.6 is 0 Å². The summed E-state index contributed by atoms with van der Waals surface area (Å²) in [4.78, 5) is 37.5. The molecule has 7 heteroatoms. The molecule has 3 rings (SSSR count). The van der Waals surface area contributed by atoms with Gasteiger partial charge in [0.25, 0.3) is 0 Å². The molecule has 0 bridgehead atoms. The van der Waals surface area contributed by atoms with Crippen molar-refractivity contribution in [3.8, 4) is 0 Å². The predicted octanol–water partition coefficient (Wildman–Crippen LogP) is 2.44. The van der Waals surface area contributed by atoms with E-state index in [1.54, 1.807) is 0 Å². The Morgan fingerprint density at radius 1 is 1.12 bits per heavy atom. The van der Waals surface area contributed by atoms with Crippen molar-refractivity contribution in [1.29, 1.82) is 0 Å². The fourth-order valence-corrected chi connectivity index (χ4v) is 3.21. The molecule has 1 heterocycles. The number of nitrogens with one attached hydrogen (secondary N) is 2. The highest BCUT2D eigenvalue weighted by Gasteiger charge is 2.35. The van der Waals surface area contributed by atoms with Gasteiger partial charge in [0.05, 0.1) is 13.2 Å². The van der Waals surface area contributed by atoms with Gasteiger partial charge in [-0.15, -0.1) is 0 Å². The SMILES string of the molecule is COC(=O)N1CCC[C@@H]1C(=O)N[C@@H](C)c1ccc(NC(=O)C2CC2)cc1. The minimum absolute atomic E-state index is 0.0724.